The highest BCUT2D eigenvalue weighted by Gasteiger charge is 2.30. The molecule has 2 rings (SSSR count). The third kappa shape index (κ3) is 4.66. The van der Waals surface area contributed by atoms with E-state index in [-0.39, 0.29) is 28.4 Å². The lowest BCUT2D eigenvalue weighted by Crippen LogP contribution is -2.45. The molecule has 0 radical (unpaired) electrons. The van der Waals surface area contributed by atoms with E-state index in [9.17, 15) is 18.3 Å². The van der Waals surface area contributed by atoms with Gasteiger partial charge in [-0.25, -0.2) is 0 Å². The Kier molecular flexibility index (Phi) is 5.77. The molecule has 0 amide bonds. The Balaban J connectivity index is 2.28. The van der Waals surface area contributed by atoms with Crippen molar-refractivity contribution in [2.24, 2.45) is 0 Å². The second kappa shape index (κ2) is 7.39. The van der Waals surface area contributed by atoms with Crippen LogP contribution in [0.4, 0.5) is 13.2 Å². The molecule has 1 aliphatic rings. The molecule has 1 atom stereocenters. The molecule has 0 aliphatic carbocycles. The number of piperazine rings is 1. The van der Waals surface area contributed by atoms with Crippen molar-refractivity contribution in [1.29, 1.82) is 0 Å². The lowest BCUT2D eigenvalue weighted by Gasteiger charge is -2.35. The van der Waals surface area contributed by atoms with Crippen LogP contribution in [0.1, 0.15) is 18.0 Å². The van der Waals surface area contributed by atoms with Crippen LogP contribution in [0.15, 0.2) is 35.7 Å². The number of phenols is 1. The maximum absolute atomic E-state index is 12.5. The zero-order valence-corrected chi connectivity index (χ0v) is 12.9. The summed E-state index contributed by atoms with van der Waals surface area (Å²) in [5, 5.41) is 13.3. The van der Waals surface area contributed by atoms with Crippen molar-refractivity contribution in [3.63, 3.8) is 0 Å². The number of hydrogen-bond donors (Lipinski definition) is 2. The molecule has 1 fully saturated rings. The minimum atomic E-state index is -4.34. The zero-order chi connectivity index (χ0) is 16.2. The first-order chi connectivity index (χ1) is 10.4. The highest BCUT2D eigenvalue weighted by molar-refractivity contribution is 8.00. The van der Waals surface area contributed by atoms with Gasteiger partial charge in [0.2, 0.25) is 0 Å². The molecule has 2 N–H and O–H groups in total. The first-order valence-electron chi connectivity index (χ1n) is 7.05. The van der Waals surface area contributed by atoms with Gasteiger partial charge in [0, 0.05) is 42.7 Å². The number of halogens is 3. The first kappa shape index (κ1) is 17.2. The fourth-order valence-electron chi connectivity index (χ4n) is 2.62. The van der Waals surface area contributed by atoms with E-state index in [1.54, 1.807) is 6.08 Å². The van der Waals surface area contributed by atoms with Gasteiger partial charge in [-0.3, -0.25) is 4.90 Å². The van der Waals surface area contributed by atoms with Crippen LogP contribution in [0.3, 0.4) is 0 Å². The lowest BCUT2D eigenvalue weighted by atomic mass is 10.00. The number of phenolic OH excluding ortho intramolecular Hbond substituents is 1. The Bertz CT molecular complexity index is 516. The average Bonchev–Trinajstić information content (AvgIpc) is 2.46. The molecule has 0 bridgehead atoms. The molecule has 22 heavy (non-hydrogen) atoms. The van der Waals surface area contributed by atoms with Crippen LogP contribution in [-0.4, -0.2) is 41.7 Å². The van der Waals surface area contributed by atoms with E-state index >= 15 is 0 Å². The standard InChI is InChI=1S/C15H19F3N2OS/c1-2-3-13(20-8-6-19-7-9-20)12-10-11(4-5-14(12)21)22-15(16,17)18/h2,4-5,10,13,19,21H,1,3,6-9H2/t13-/m1/s1. The predicted molar refractivity (Wildman–Crippen MR) is 82.0 cm³/mol. The molecule has 122 valence electrons. The zero-order valence-electron chi connectivity index (χ0n) is 12.1. The number of hydrogen-bond acceptors (Lipinski definition) is 4. The van der Waals surface area contributed by atoms with Crippen molar-refractivity contribution < 1.29 is 18.3 Å². The summed E-state index contributed by atoms with van der Waals surface area (Å²) in [5.41, 5.74) is -3.81. The van der Waals surface area contributed by atoms with Gasteiger partial charge in [-0.2, -0.15) is 13.2 Å². The Morgan fingerprint density at radius 1 is 1.36 bits per heavy atom. The number of aromatic hydroxyl groups is 1. The van der Waals surface area contributed by atoms with Gasteiger partial charge >= 0.3 is 5.51 Å². The van der Waals surface area contributed by atoms with Crippen molar-refractivity contribution in [1.82, 2.24) is 10.2 Å². The fraction of sp³-hybridized carbons (Fsp3) is 0.467. The molecule has 1 aromatic rings. The van der Waals surface area contributed by atoms with Crippen LogP contribution in [0.2, 0.25) is 0 Å². The summed E-state index contributed by atoms with van der Waals surface area (Å²) in [5.74, 6) is 0.0249. The normalized spacial score (nSPS) is 18.1. The average molecular weight is 332 g/mol. The second-order valence-corrected chi connectivity index (χ2v) is 6.23. The maximum Gasteiger partial charge on any atom is 0.446 e. The summed E-state index contributed by atoms with van der Waals surface area (Å²) in [6, 6.07) is 3.90. The van der Waals surface area contributed by atoms with E-state index in [2.05, 4.69) is 16.8 Å². The van der Waals surface area contributed by atoms with Crippen LogP contribution < -0.4 is 5.32 Å². The lowest BCUT2D eigenvalue weighted by molar-refractivity contribution is -0.0328. The van der Waals surface area contributed by atoms with Crippen LogP contribution >= 0.6 is 11.8 Å². The summed E-state index contributed by atoms with van der Waals surface area (Å²) in [4.78, 5) is 2.25. The number of benzene rings is 1. The summed E-state index contributed by atoms with van der Waals surface area (Å²) in [6.45, 7) is 6.95. The number of nitrogens with one attached hydrogen (secondary N) is 1. The summed E-state index contributed by atoms with van der Waals surface area (Å²) in [6.07, 6.45) is 2.31. The van der Waals surface area contributed by atoms with E-state index in [1.165, 1.54) is 18.2 Å². The Labute approximate surface area is 132 Å². The molecule has 0 spiro atoms. The number of rotatable bonds is 5. The van der Waals surface area contributed by atoms with Crippen molar-refractivity contribution in [3.05, 3.63) is 36.4 Å². The molecule has 1 aromatic carbocycles. The van der Waals surface area contributed by atoms with Gasteiger partial charge in [0.05, 0.1) is 0 Å². The predicted octanol–water partition coefficient (Wildman–Crippen LogP) is 3.53. The summed E-state index contributed by atoms with van der Waals surface area (Å²) < 4.78 is 37.6. The molecule has 1 heterocycles. The molecule has 0 saturated carbocycles. The van der Waals surface area contributed by atoms with Gasteiger partial charge in [0.1, 0.15) is 5.75 Å². The van der Waals surface area contributed by atoms with Gasteiger partial charge in [-0.05, 0) is 36.4 Å². The minimum Gasteiger partial charge on any atom is -0.508 e. The Hall–Kier alpha value is -1.18. The monoisotopic (exact) mass is 332 g/mol. The Morgan fingerprint density at radius 2 is 2.05 bits per heavy atom. The molecule has 7 heteroatoms. The highest BCUT2D eigenvalue weighted by atomic mass is 32.2. The molecule has 3 nitrogen and oxygen atoms in total. The van der Waals surface area contributed by atoms with Gasteiger partial charge in [-0.15, -0.1) is 6.58 Å². The number of alkyl halides is 3. The highest BCUT2D eigenvalue weighted by Crippen LogP contribution is 2.40. The fourth-order valence-corrected chi connectivity index (χ4v) is 3.21. The Morgan fingerprint density at radius 3 is 2.64 bits per heavy atom. The van der Waals surface area contributed by atoms with Gasteiger partial charge in [0.15, 0.2) is 0 Å². The minimum absolute atomic E-state index is 0.0249. The largest absolute Gasteiger partial charge is 0.508 e. The van der Waals surface area contributed by atoms with Crippen LogP contribution in [0.5, 0.6) is 5.75 Å². The van der Waals surface area contributed by atoms with E-state index in [4.69, 9.17) is 0 Å². The summed E-state index contributed by atoms with van der Waals surface area (Å²) in [7, 11) is 0. The van der Waals surface area contributed by atoms with E-state index in [1.807, 2.05) is 0 Å². The van der Waals surface area contributed by atoms with Gasteiger partial charge in [0.25, 0.3) is 0 Å². The third-order valence-electron chi connectivity index (χ3n) is 3.57. The van der Waals surface area contributed by atoms with Crippen molar-refractivity contribution in [2.45, 2.75) is 22.9 Å². The second-order valence-electron chi connectivity index (χ2n) is 5.09. The van der Waals surface area contributed by atoms with Gasteiger partial charge < -0.3 is 10.4 Å². The number of nitrogens with zero attached hydrogens (tertiary/aromatic N) is 1. The quantitative estimate of drug-likeness (QED) is 0.639. The van der Waals surface area contributed by atoms with Crippen LogP contribution in [0, 0.1) is 0 Å². The topological polar surface area (TPSA) is 35.5 Å². The van der Waals surface area contributed by atoms with Crippen LogP contribution in [0.25, 0.3) is 0 Å². The molecule has 1 saturated heterocycles. The van der Waals surface area contributed by atoms with Crippen molar-refractivity contribution in [2.75, 3.05) is 26.2 Å². The SMILES string of the molecule is C=CC[C@H](c1cc(SC(F)(F)F)ccc1O)N1CCNCC1. The molecule has 0 unspecified atom stereocenters. The number of thioether (sulfide) groups is 1. The third-order valence-corrected chi connectivity index (χ3v) is 4.29. The maximum atomic E-state index is 12.5. The van der Waals surface area contributed by atoms with Crippen molar-refractivity contribution in [3.8, 4) is 5.75 Å². The molecule has 0 aromatic heterocycles. The van der Waals surface area contributed by atoms with E-state index in [0.717, 1.165) is 26.2 Å². The summed E-state index contributed by atoms with van der Waals surface area (Å²) >= 11 is -0.162. The van der Waals surface area contributed by atoms with Crippen LogP contribution in [-0.2, 0) is 0 Å². The molecular weight excluding hydrogens is 313 g/mol. The first-order valence-corrected chi connectivity index (χ1v) is 7.86. The molecular formula is C15H19F3N2OS. The van der Waals surface area contributed by atoms with E-state index < -0.39 is 5.51 Å². The smallest absolute Gasteiger partial charge is 0.446 e. The van der Waals surface area contributed by atoms with Gasteiger partial charge in [-0.1, -0.05) is 6.08 Å². The van der Waals surface area contributed by atoms with Crippen molar-refractivity contribution >= 4 is 11.8 Å². The van der Waals surface area contributed by atoms with E-state index in [0.29, 0.717) is 12.0 Å². The molecule has 1 aliphatic heterocycles.